The first-order valence-corrected chi connectivity index (χ1v) is 5.69. The zero-order valence-corrected chi connectivity index (χ0v) is 9.89. The number of aryl methyl sites for hydroxylation is 1. The van der Waals surface area contributed by atoms with Crippen molar-refractivity contribution in [2.45, 2.75) is 32.4 Å². The molecular formula is C11H17N5O. The third-order valence-corrected chi connectivity index (χ3v) is 2.96. The van der Waals surface area contributed by atoms with E-state index in [1.165, 1.54) is 0 Å². The third-order valence-electron chi connectivity index (χ3n) is 2.96. The molecule has 92 valence electrons. The highest BCUT2D eigenvalue weighted by Crippen LogP contribution is 2.18. The second-order valence-corrected chi connectivity index (χ2v) is 4.38. The summed E-state index contributed by atoms with van der Waals surface area (Å²) in [6.07, 6.45) is 1.80. The lowest BCUT2D eigenvalue weighted by atomic mass is 10.2. The maximum atomic E-state index is 11.3. The van der Waals surface area contributed by atoms with Gasteiger partial charge in [-0.25, -0.2) is 9.97 Å². The van der Waals surface area contributed by atoms with Crippen LogP contribution in [-0.4, -0.2) is 33.4 Å². The second kappa shape index (κ2) is 4.67. The Morgan fingerprint density at radius 2 is 2.35 bits per heavy atom. The third kappa shape index (κ3) is 2.71. The summed E-state index contributed by atoms with van der Waals surface area (Å²) in [6.45, 7) is 3.25. The smallest absolute Gasteiger partial charge is 0.234 e. The number of nitrogens with two attached hydrogens (primary N) is 2. The molecule has 6 nitrogen and oxygen atoms in total. The summed E-state index contributed by atoms with van der Waals surface area (Å²) in [5.74, 6) is 0.834. The van der Waals surface area contributed by atoms with Gasteiger partial charge in [-0.2, -0.15) is 0 Å². The molecule has 0 spiro atoms. The van der Waals surface area contributed by atoms with Gasteiger partial charge >= 0.3 is 0 Å². The minimum absolute atomic E-state index is 0.194. The minimum Gasteiger partial charge on any atom is -0.384 e. The second-order valence-electron chi connectivity index (χ2n) is 4.38. The Hall–Kier alpha value is -1.69. The van der Waals surface area contributed by atoms with Crippen LogP contribution in [0.3, 0.4) is 0 Å². The molecule has 0 aromatic carbocycles. The molecule has 1 fully saturated rings. The first-order valence-electron chi connectivity index (χ1n) is 5.69. The van der Waals surface area contributed by atoms with Crippen LogP contribution in [0.2, 0.25) is 0 Å². The summed E-state index contributed by atoms with van der Waals surface area (Å²) in [6, 6.07) is 1.53. The topological polar surface area (TPSA) is 98.1 Å². The van der Waals surface area contributed by atoms with Crippen molar-refractivity contribution in [1.82, 2.24) is 14.9 Å². The molecule has 1 unspecified atom stereocenters. The molecule has 1 aliphatic heterocycles. The minimum atomic E-state index is -0.275. The fraction of sp³-hybridized carbons (Fsp3) is 0.545. The van der Waals surface area contributed by atoms with Crippen molar-refractivity contribution >= 4 is 11.7 Å². The van der Waals surface area contributed by atoms with Crippen LogP contribution >= 0.6 is 0 Å². The summed E-state index contributed by atoms with van der Waals surface area (Å²) < 4.78 is 0. The number of hydrogen-bond donors (Lipinski definition) is 2. The molecule has 0 bridgehead atoms. The van der Waals surface area contributed by atoms with E-state index in [1.54, 1.807) is 6.07 Å². The molecule has 2 heterocycles. The average Bonchev–Trinajstić information content (AvgIpc) is 2.63. The zero-order chi connectivity index (χ0) is 12.4. The lowest BCUT2D eigenvalue weighted by molar-refractivity contribution is -0.122. The summed E-state index contributed by atoms with van der Waals surface area (Å²) in [5.41, 5.74) is 11.9. The molecule has 1 aromatic rings. The van der Waals surface area contributed by atoms with Crippen LogP contribution in [0.15, 0.2) is 6.07 Å². The molecule has 0 aliphatic carbocycles. The van der Waals surface area contributed by atoms with Crippen LogP contribution in [0.4, 0.5) is 5.82 Å². The Bertz CT molecular complexity index is 414. The molecule has 1 aliphatic rings. The van der Waals surface area contributed by atoms with E-state index >= 15 is 0 Å². The standard InChI is InChI=1S/C11H17N5O/c1-7-5-9(12)15-10(14-7)6-16-4-2-3-8(16)11(13)17/h5,8H,2-4,6H2,1H3,(H2,13,17)(H2,12,14,15). The van der Waals surface area contributed by atoms with Gasteiger partial charge in [0.1, 0.15) is 11.6 Å². The highest BCUT2D eigenvalue weighted by molar-refractivity contribution is 5.80. The van der Waals surface area contributed by atoms with Gasteiger partial charge in [0.05, 0.1) is 12.6 Å². The summed E-state index contributed by atoms with van der Waals surface area (Å²) >= 11 is 0. The molecule has 17 heavy (non-hydrogen) atoms. The van der Waals surface area contributed by atoms with E-state index in [0.29, 0.717) is 18.2 Å². The number of aromatic nitrogens is 2. The van der Waals surface area contributed by atoms with Gasteiger partial charge in [-0.1, -0.05) is 0 Å². The first-order chi connectivity index (χ1) is 8.06. The van der Waals surface area contributed by atoms with E-state index in [9.17, 15) is 4.79 Å². The molecule has 6 heteroatoms. The van der Waals surface area contributed by atoms with Crippen LogP contribution in [0, 0.1) is 6.92 Å². The Morgan fingerprint density at radius 3 is 3.00 bits per heavy atom. The van der Waals surface area contributed by atoms with E-state index in [0.717, 1.165) is 25.1 Å². The SMILES string of the molecule is Cc1cc(N)nc(CN2CCCC2C(N)=O)n1. The van der Waals surface area contributed by atoms with Gasteiger partial charge in [0.25, 0.3) is 0 Å². The van der Waals surface area contributed by atoms with Crippen LogP contribution in [0.25, 0.3) is 0 Å². The number of amides is 1. The Kier molecular flexibility index (Phi) is 3.23. The van der Waals surface area contributed by atoms with Crippen molar-refractivity contribution < 1.29 is 4.79 Å². The van der Waals surface area contributed by atoms with Crippen molar-refractivity contribution in [3.05, 3.63) is 17.6 Å². The molecule has 1 aromatic heterocycles. The number of primary amides is 1. The van der Waals surface area contributed by atoms with Crippen LogP contribution in [-0.2, 0) is 11.3 Å². The number of hydrogen-bond acceptors (Lipinski definition) is 5. The van der Waals surface area contributed by atoms with E-state index in [1.807, 2.05) is 11.8 Å². The number of nitrogens with zero attached hydrogens (tertiary/aromatic N) is 3. The molecule has 1 atom stereocenters. The first kappa shape index (κ1) is 11.8. The maximum absolute atomic E-state index is 11.3. The zero-order valence-electron chi connectivity index (χ0n) is 9.89. The van der Waals surface area contributed by atoms with Gasteiger partial charge in [-0.05, 0) is 26.3 Å². The van der Waals surface area contributed by atoms with Gasteiger partial charge < -0.3 is 11.5 Å². The van der Waals surface area contributed by atoms with E-state index < -0.39 is 0 Å². The molecule has 0 saturated carbocycles. The molecule has 0 radical (unpaired) electrons. The monoisotopic (exact) mass is 235 g/mol. The lowest BCUT2D eigenvalue weighted by Gasteiger charge is -2.20. The summed E-state index contributed by atoms with van der Waals surface area (Å²) in [4.78, 5) is 21.7. The molecule has 2 rings (SSSR count). The Labute approximate surface area is 100 Å². The molecular weight excluding hydrogens is 218 g/mol. The summed E-state index contributed by atoms with van der Waals surface area (Å²) in [5, 5.41) is 0. The Morgan fingerprint density at radius 1 is 1.59 bits per heavy atom. The van der Waals surface area contributed by atoms with Crippen molar-refractivity contribution in [2.24, 2.45) is 5.73 Å². The lowest BCUT2D eigenvalue weighted by Crippen LogP contribution is -2.40. The number of likely N-dealkylation sites (tertiary alicyclic amines) is 1. The largest absolute Gasteiger partial charge is 0.384 e. The quantitative estimate of drug-likeness (QED) is 0.757. The van der Waals surface area contributed by atoms with E-state index in [4.69, 9.17) is 11.5 Å². The number of carbonyl (C=O) groups is 1. The number of nitrogen functional groups attached to an aromatic ring is 1. The van der Waals surface area contributed by atoms with Gasteiger partial charge in [-0.3, -0.25) is 9.69 Å². The van der Waals surface area contributed by atoms with Gasteiger partial charge in [0.2, 0.25) is 5.91 Å². The average molecular weight is 235 g/mol. The fourth-order valence-corrected chi connectivity index (χ4v) is 2.25. The number of carbonyl (C=O) groups excluding carboxylic acids is 1. The Balaban J connectivity index is 2.12. The predicted octanol–water partition coefficient (Wildman–Crippen LogP) is -0.183. The van der Waals surface area contributed by atoms with E-state index in [2.05, 4.69) is 9.97 Å². The van der Waals surface area contributed by atoms with Crippen molar-refractivity contribution in [2.75, 3.05) is 12.3 Å². The molecule has 4 N–H and O–H groups in total. The fourth-order valence-electron chi connectivity index (χ4n) is 2.25. The van der Waals surface area contributed by atoms with Gasteiger partial charge in [0, 0.05) is 11.8 Å². The number of rotatable bonds is 3. The normalized spacial score (nSPS) is 20.6. The molecule has 1 saturated heterocycles. The van der Waals surface area contributed by atoms with Gasteiger partial charge in [0.15, 0.2) is 0 Å². The van der Waals surface area contributed by atoms with Crippen molar-refractivity contribution in [3.8, 4) is 0 Å². The highest BCUT2D eigenvalue weighted by atomic mass is 16.1. The van der Waals surface area contributed by atoms with Crippen molar-refractivity contribution in [3.63, 3.8) is 0 Å². The van der Waals surface area contributed by atoms with Crippen LogP contribution < -0.4 is 11.5 Å². The van der Waals surface area contributed by atoms with Gasteiger partial charge in [-0.15, -0.1) is 0 Å². The number of anilines is 1. The highest BCUT2D eigenvalue weighted by Gasteiger charge is 2.29. The van der Waals surface area contributed by atoms with E-state index in [-0.39, 0.29) is 11.9 Å². The van der Waals surface area contributed by atoms with Crippen LogP contribution in [0.1, 0.15) is 24.4 Å². The van der Waals surface area contributed by atoms with Crippen molar-refractivity contribution in [1.29, 1.82) is 0 Å². The molecule has 1 amide bonds. The maximum Gasteiger partial charge on any atom is 0.234 e. The summed E-state index contributed by atoms with van der Waals surface area (Å²) in [7, 11) is 0. The van der Waals surface area contributed by atoms with Crippen LogP contribution in [0.5, 0.6) is 0 Å². The predicted molar refractivity (Wildman–Crippen MR) is 63.8 cm³/mol.